The molecule has 1 N–H and O–H groups in total. The highest BCUT2D eigenvalue weighted by Gasteiger charge is 2.35. The van der Waals surface area contributed by atoms with E-state index in [1.54, 1.807) is 12.1 Å². The molecular weight excluding hydrogens is 361 g/mol. The number of alkyl halides is 3. The summed E-state index contributed by atoms with van der Waals surface area (Å²) in [6.45, 7) is 0. The Morgan fingerprint density at radius 2 is 1.78 bits per heavy atom. The molecule has 5 nitrogen and oxygen atoms in total. The maximum absolute atomic E-state index is 13.1. The number of carbonyl (C=O) groups is 2. The molecule has 0 saturated heterocycles. The Balaban J connectivity index is 2.25. The first kappa shape index (κ1) is 20.0. The minimum Gasteiger partial charge on any atom is -0.467 e. The highest BCUT2D eigenvalue weighted by molar-refractivity contribution is 5.98. The van der Waals surface area contributed by atoms with Gasteiger partial charge in [-0.3, -0.25) is 4.79 Å². The Kier molecular flexibility index (Phi) is 6.19. The molecular formula is C19H15F3N2O3. The molecule has 0 aromatic heterocycles. The molecule has 0 radical (unpaired) electrons. The highest BCUT2D eigenvalue weighted by Crippen LogP contribution is 2.31. The van der Waals surface area contributed by atoms with Crippen molar-refractivity contribution in [2.24, 2.45) is 0 Å². The predicted octanol–water partition coefficient (Wildman–Crippen LogP) is 3.09. The van der Waals surface area contributed by atoms with Gasteiger partial charge < -0.3 is 10.1 Å². The molecule has 8 heteroatoms. The number of carbonyl (C=O) groups excluding carboxylic acids is 2. The summed E-state index contributed by atoms with van der Waals surface area (Å²) in [5.74, 6) is -1.83. The third kappa shape index (κ3) is 5.07. The number of hydrogen-bond acceptors (Lipinski definition) is 4. The number of rotatable bonds is 5. The second-order valence-corrected chi connectivity index (χ2v) is 5.61. The van der Waals surface area contributed by atoms with Gasteiger partial charge in [-0.25, -0.2) is 4.79 Å². The van der Waals surface area contributed by atoms with E-state index in [1.165, 1.54) is 24.3 Å². The van der Waals surface area contributed by atoms with E-state index in [9.17, 15) is 22.8 Å². The van der Waals surface area contributed by atoms with Crippen LogP contribution in [0.2, 0.25) is 0 Å². The maximum atomic E-state index is 13.1. The number of benzene rings is 2. The molecule has 0 saturated carbocycles. The van der Waals surface area contributed by atoms with E-state index in [0.29, 0.717) is 11.1 Å². The number of amides is 1. The van der Waals surface area contributed by atoms with Crippen LogP contribution in [-0.2, 0) is 22.1 Å². The Morgan fingerprint density at radius 3 is 2.33 bits per heavy atom. The summed E-state index contributed by atoms with van der Waals surface area (Å²) in [6, 6.07) is 11.3. The van der Waals surface area contributed by atoms with Crippen LogP contribution in [0.15, 0.2) is 48.5 Å². The van der Waals surface area contributed by atoms with Gasteiger partial charge in [-0.15, -0.1) is 0 Å². The lowest BCUT2D eigenvalue weighted by Crippen LogP contribution is -2.43. The van der Waals surface area contributed by atoms with E-state index in [4.69, 9.17) is 5.26 Å². The van der Waals surface area contributed by atoms with Crippen LogP contribution in [0.1, 0.15) is 27.0 Å². The number of methoxy groups -OCH3 is 1. The van der Waals surface area contributed by atoms with Gasteiger partial charge in [0.1, 0.15) is 6.04 Å². The van der Waals surface area contributed by atoms with Crippen LogP contribution in [0.3, 0.4) is 0 Å². The fourth-order valence-corrected chi connectivity index (χ4v) is 2.45. The average molecular weight is 376 g/mol. The summed E-state index contributed by atoms with van der Waals surface area (Å²) >= 11 is 0. The van der Waals surface area contributed by atoms with Crippen molar-refractivity contribution in [3.8, 4) is 6.07 Å². The van der Waals surface area contributed by atoms with E-state index < -0.39 is 35.2 Å². The zero-order valence-corrected chi connectivity index (χ0v) is 14.2. The lowest BCUT2D eigenvalue weighted by Gasteiger charge is -2.18. The number of halogens is 3. The monoisotopic (exact) mass is 376 g/mol. The summed E-state index contributed by atoms with van der Waals surface area (Å²) in [6.07, 6.45) is -4.71. The Bertz CT molecular complexity index is 871. The molecule has 0 fully saturated rings. The first-order valence-corrected chi connectivity index (χ1v) is 7.80. The summed E-state index contributed by atoms with van der Waals surface area (Å²) in [5.41, 5.74) is -0.659. The van der Waals surface area contributed by atoms with Crippen molar-refractivity contribution >= 4 is 11.9 Å². The normalized spacial score (nSPS) is 12.0. The van der Waals surface area contributed by atoms with E-state index in [1.807, 2.05) is 6.07 Å². The Hall–Kier alpha value is -3.34. The summed E-state index contributed by atoms with van der Waals surface area (Å²) in [5, 5.41) is 11.1. The molecule has 0 aliphatic rings. The van der Waals surface area contributed by atoms with Crippen LogP contribution in [0, 0.1) is 11.3 Å². The number of esters is 1. The van der Waals surface area contributed by atoms with Gasteiger partial charge in [-0.1, -0.05) is 24.3 Å². The van der Waals surface area contributed by atoms with Gasteiger partial charge in [0.25, 0.3) is 5.91 Å². The van der Waals surface area contributed by atoms with Crippen LogP contribution >= 0.6 is 0 Å². The van der Waals surface area contributed by atoms with Gasteiger partial charge in [0.2, 0.25) is 0 Å². The predicted molar refractivity (Wildman–Crippen MR) is 89.6 cm³/mol. The highest BCUT2D eigenvalue weighted by atomic mass is 19.4. The standard InChI is InChI=1S/C19H15F3N2O3/c1-27-18(26)16(10-12-6-8-13(11-23)9-7-12)24-17(25)14-4-2-3-5-15(14)19(20,21)22/h2-9,16H,10H2,1H3,(H,24,25)/t16-/m1/s1. The van der Waals surface area contributed by atoms with Crippen molar-refractivity contribution in [3.63, 3.8) is 0 Å². The van der Waals surface area contributed by atoms with E-state index >= 15 is 0 Å². The first-order chi connectivity index (χ1) is 12.8. The van der Waals surface area contributed by atoms with Gasteiger partial charge in [0.05, 0.1) is 29.9 Å². The van der Waals surface area contributed by atoms with Crippen molar-refractivity contribution < 1.29 is 27.5 Å². The molecule has 0 spiro atoms. The molecule has 2 aromatic carbocycles. The summed E-state index contributed by atoms with van der Waals surface area (Å²) in [7, 11) is 1.12. The summed E-state index contributed by atoms with van der Waals surface area (Å²) in [4.78, 5) is 24.3. The molecule has 2 aromatic rings. The zero-order valence-electron chi connectivity index (χ0n) is 14.2. The second-order valence-electron chi connectivity index (χ2n) is 5.61. The van der Waals surface area contributed by atoms with Gasteiger partial charge in [-0.2, -0.15) is 18.4 Å². The topological polar surface area (TPSA) is 79.2 Å². The van der Waals surface area contributed by atoms with E-state index in [-0.39, 0.29) is 6.42 Å². The molecule has 0 aliphatic heterocycles. The molecule has 0 aliphatic carbocycles. The van der Waals surface area contributed by atoms with Crippen molar-refractivity contribution in [3.05, 3.63) is 70.8 Å². The molecule has 0 heterocycles. The van der Waals surface area contributed by atoms with Crippen LogP contribution in [-0.4, -0.2) is 25.0 Å². The van der Waals surface area contributed by atoms with Gasteiger partial charge in [0, 0.05) is 6.42 Å². The lowest BCUT2D eigenvalue weighted by molar-refractivity contribution is -0.142. The SMILES string of the molecule is COC(=O)[C@@H](Cc1ccc(C#N)cc1)NC(=O)c1ccccc1C(F)(F)F. The molecule has 140 valence electrons. The summed E-state index contributed by atoms with van der Waals surface area (Å²) < 4.78 is 43.9. The molecule has 0 unspecified atom stereocenters. The first-order valence-electron chi connectivity index (χ1n) is 7.80. The molecule has 1 amide bonds. The van der Waals surface area contributed by atoms with Gasteiger partial charge >= 0.3 is 12.1 Å². The fraction of sp³-hybridized carbons (Fsp3) is 0.211. The van der Waals surface area contributed by atoms with E-state index in [2.05, 4.69) is 10.1 Å². The second kappa shape index (κ2) is 8.36. The number of hydrogen-bond donors (Lipinski definition) is 1. The number of nitrogens with one attached hydrogen (secondary N) is 1. The van der Waals surface area contributed by atoms with Gasteiger partial charge in [-0.05, 0) is 29.8 Å². The largest absolute Gasteiger partial charge is 0.467 e. The quantitative estimate of drug-likeness (QED) is 0.814. The van der Waals surface area contributed by atoms with Crippen LogP contribution in [0.4, 0.5) is 13.2 Å². The zero-order chi connectivity index (χ0) is 20.0. The van der Waals surface area contributed by atoms with Crippen LogP contribution in [0.25, 0.3) is 0 Å². The smallest absolute Gasteiger partial charge is 0.417 e. The molecule has 1 atom stereocenters. The number of ether oxygens (including phenoxy) is 1. The fourth-order valence-electron chi connectivity index (χ4n) is 2.45. The maximum Gasteiger partial charge on any atom is 0.417 e. The van der Waals surface area contributed by atoms with Crippen LogP contribution < -0.4 is 5.32 Å². The number of nitriles is 1. The average Bonchev–Trinajstić information content (AvgIpc) is 2.66. The third-order valence-electron chi connectivity index (χ3n) is 3.79. The van der Waals surface area contributed by atoms with Crippen molar-refractivity contribution in [1.82, 2.24) is 5.32 Å². The van der Waals surface area contributed by atoms with Crippen molar-refractivity contribution in [2.45, 2.75) is 18.6 Å². The van der Waals surface area contributed by atoms with Crippen molar-refractivity contribution in [1.29, 1.82) is 5.26 Å². The molecule has 2 rings (SSSR count). The molecule has 27 heavy (non-hydrogen) atoms. The van der Waals surface area contributed by atoms with Crippen molar-refractivity contribution in [2.75, 3.05) is 7.11 Å². The Morgan fingerprint density at radius 1 is 1.15 bits per heavy atom. The minimum absolute atomic E-state index is 0.00168. The number of nitrogens with zero attached hydrogens (tertiary/aromatic N) is 1. The van der Waals surface area contributed by atoms with Gasteiger partial charge in [0.15, 0.2) is 0 Å². The minimum atomic E-state index is -4.71. The third-order valence-corrected chi connectivity index (χ3v) is 3.79. The molecule has 0 bridgehead atoms. The lowest BCUT2D eigenvalue weighted by atomic mass is 10.0. The van der Waals surface area contributed by atoms with Crippen LogP contribution in [0.5, 0.6) is 0 Å². The Labute approximate surface area is 153 Å². The van der Waals surface area contributed by atoms with E-state index in [0.717, 1.165) is 19.2 Å².